The summed E-state index contributed by atoms with van der Waals surface area (Å²) in [5, 5.41) is 6.08. The topological polar surface area (TPSA) is 80.0 Å². The van der Waals surface area contributed by atoms with Crippen LogP contribution in [0.3, 0.4) is 0 Å². The zero-order valence-corrected chi connectivity index (χ0v) is 14.9. The van der Waals surface area contributed by atoms with Gasteiger partial charge in [-0.15, -0.1) is 0 Å². The Labute approximate surface area is 152 Å². The third-order valence-electron chi connectivity index (χ3n) is 3.90. The predicted octanol–water partition coefficient (Wildman–Crippen LogP) is 3.03. The van der Waals surface area contributed by atoms with Gasteiger partial charge in [0.25, 0.3) is 0 Å². The lowest BCUT2D eigenvalue weighted by Crippen LogP contribution is -2.41. The average Bonchev–Trinajstić information content (AvgIpc) is 3.13. The number of anilines is 1. The van der Waals surface area contributed by atoms with Gasteiger partial charge in [0.2, 0.25) is 11.9 Å². The van der Waals surface area contributed by atoms with Crippen molar-refractivity contribution in [2.24, 2.45) is 0 Å². The summed E-state index contributed by atoms with van der Waals surface area (Å²) in [5.41, 5.74) is 2.77. The SMILES string of the molecule is Cc1cc(C)nc(N[C@@H](Cc2ccccc2)C(=O)NCc2ccco2)n1. The zero-order valence-electron chi connectivity index (χ0n) is 14.9. The van der Waals surface area contributed by atoms with E-state index in [0.29, 0.717) is 24.7 Å². The quantitative estimate of drug-likeness (QED) is 0.685. The molecule has 6 nitrogen and oxygen atoms in total. The number of hydrogen-bond donors (Lipinski definition) is 2. The van der Waals surface area contributed by atoms with Crippen LogP contribution in [0.4, 0.5) is 5.95 Å². The smallest absolute Gasteiger partial charge is 0.243 e. The highest BCUT2D eigenvalue weighted by Crippen LogP contribution is 2.10. The van der Waals surface area contributed by atoms with E-state index in [2.05, 4.69) is 20.6 Å². The van der Waals surface area contributed by atoms with Crippen molar-refractivity contribution in [3.05, 3.63) is 77.5 Å². The Balaban J connectivity index is 1.74. The molecule has 26 heavy (non-hydrogen) atoms. The van der Waals surface area contributed by atoms with Gasteiger partial charge in [0, 0.05) is 17.8 Å². The molecule has 0 radical (unpaired) electrons. The van der Waals surface area contributed by atoms with Crippen LogP contribution >= 0.6 is 0 Å². The summed E-state index contributed by atoms with van der Waals surface area (Å²) in [4.78, 5) is 21.5. The van der Waals surface area contributed by atoms with Crippen molar-refractivity contribution in [1.29, 1.82) is 0 Å². The second-order valence-corrected chi connectivity index (χ2v) is 6.16. The van der Waals surface area contributed by atoms with Gasteiger partial charge >= 0.3 is 0 Å². The van der Waals surface area contributed by atoms with Gasteiger partial charge < -0.3 is 15.1 Å². The minimum Gasteiger partial charge on any atom is -0.467 e. The van der Waals surface area contributed by atoms with Crippen LogP contribution in [0.15, 0.2) is 59.2 Å². The van der Waals surface area contributed by atoms with Crippen molar-refractivity contribution in [2.45, 2.75) is 32.9 Å². The van der Waals surface area contributed by atoms with Gasteiger partial charge in [-0.05, 0) is 37.6 Å². The molecule has 0 unspecified atom stereocenters. The molecule has 2 N–H and O–H groups in total. The van der Waals surface area contributed by atoms with Crippen molar-refractivity contribution in [3.8, 4) is 0 Å². The number of hydrogen-bond acceptors (Lipinski definition) is 5. The Bertz CT molecular complexity index is 827. The highest BCUT2D eigenvalue weighted by atomic mass is 16.3. The maximum Gasteiger partial charge on any atom is 0.243 e. The van der Waals surface area contributed by atoms with Crippen molar-refractivity contribution in [3.63, 3.8) is 0 Å². The van der Waals surface area contributed by atoms with Gasteiger partial charge in [0.05, 0.1) is 12.8 Å². The Morgan fingerprint density at radius 2 is 1.81 bits per heavy atom. The Kier molecular flexibility index (Phi) is 5.63. The van der Waals surface area contributed by atoms with E-state index < -0.39 is 6.04 Å². The first-order valence-corrected chi connectivity index (χ1v) is 8.53. The molecule has 2 aromatic heterocycles. The molecule has 1 atom stereocenters. The largest absolute Gasteiger partial charge is 0.467 e. The number of amides is 1. The van der Waals surface area contributed by atoms with Crippen molar-refractivity contribution < 1.29 is 9.21 Å². The molecule has 0 aliphatic heterocycles. The fourth-order valence-electron chi connectivity index (χ4n) is 2.72. The highest BCUT2D eigenvalue weighted by Gasteiger charge is 2.20. The van der Waals surface area contributed by atoms with Crippen LogP contribution < -0.4 is 10.6 Å². The first kappa shape index (κ1) is 17.7. The lowest BCUT2D eigenvalue weighted by molar-refractivity contribution is -0.122. The van der Waals surface area contributed by atoms with Gasteiger partial charge in [-0.1, -0.05) is 30.3 Å². The molecule has 0 aliphatic rings. The number of benzene rings is 1. The summed E-state index contributed by atoms with van der Waals surface area (Å²) in [6, 6.07) is 14.9. The summed E-state index contributed by atoms with van der Waals surface area (Å²) in [6.07, 6.45) is 2.12. The molecule has 0 spiro atoms. The van der Waals surface area contributed by atoms with Gasteiger partial charge in [-0.3, -0.25) is 4.79 Å². The second kappa shape index (κ2) is 8.29. The fourth-order valence-corrected chi connectivity index (χ4v) is 2.72. The first-order valence-electron chi connectivity index (χ1n) is 8.53. The molecule has 1 aromatic carbocycles. The summed E-state index contributed by atoms with van der Waals surface area (Å²) in [7, 11) is 0. The van der Waals surface area contributed by atoms with Crippen LogP contribution in [-0.2, 0) is 17.8 Å². The Morgan fingerprint density at radius 3 is 2.46 bits per heavy atom. The number of carbonyl (C=O) groups is 1. The number of nitrogens with one attached hydrogen (secondary N) is 2. The summed E-state index contributed by atoms with van der Waals surface area (Å²) in [5.74, 6) is 1.03. The molecular weight excluding hydrogens is 328 g/mol. The standard InChI is InChI=1S/C20H22N4O2/c1-14-11-15(2)23-20(22-14)24-18(12-16-7-4-3-5-8-16)19(25)21-13-17-9-6-10-26-17/h3-11,18H,12-13H2,1-2H3,(H,21,25)(H,22,23,24)/t18-/m0/s1. The van der Waals surface area contributed by atoms with E-state index in [1.54, 1.807) is 12.3 Å². The third kappa shape index (κ3) is 4.92. The van der Waals surface area contributed by atoms with E-state index in [9.17, 15) is 4.79 Å². The minimum absolute atomic E-state index is 0.131. The molecule has 3 rings (SSSR count). The summed E-state index contributed by atoms with van der Waals surface area (Å²) in [6.45, 7) is 4.15. The third-order valence-corrected chi connectivity index (χ3v) is 3.90. The van der Waals surface area contributed by atoms with Crippen LogP contribution in [0.1, 0.15) is 22.7 Å². The van der Waals surface area contributed by atoms with Crippen molar-refractivity contribution in [1.82, 2.24) is 15.3 Å². The molecule has 3 aromatic rings. The molecule has 0 bridgehead atoms. The number of aromatic nitrogens is 2. The molecule has 0 saturated carbocycles. The number of nitrogens with zero attached hydrogens (tertiary/aromatic N) is 2. The highest BCUT2D eigenvalue weighted by molar-refractivity contribution is 5.84. The van der Waals surface area contributed by atoms with Crippen LogP contribution in [0.25, 0.3) is 0 Å². The van der Waals surface area contributed by atoms with Crippen LogP contribution in [0, 0.1) is 13.8 Å². The summed E-state index contributed by atoms with van der Waals surface area (Å²) >= 11 is 0. The van der Waals surface area contributed by atoms with Gasteiger partial charge in [0.15, 0.2) is 0 Å². The number of rotatable bonds is 7. The van der Waals surface area contributed by atoms with E-state index >= 15 is 0 Å². The van der Waals surface area contributed by atoms with Crippen LogP contribution in [0.5, 0.6) is 0 Å². The Morgan fingerprint density at radius 1 is 1.08 bits per heavy atom. The molecule has 0 saturated heterocycles. The maximum atomic E-state index is 12.7. The van der Waals surface area contributed by atoms with Crippen molar-refractivity contribution >= 4 is 11.9 Å². The molecule has 1 amide bonds. The van der Waals surface area contributed by atoms with Gasteiger partial charge in [-0.2, -0.15) is 0 Å². The molecular formula is C20H22N4O2. The average molecular weight is 350 g/mol. The molecule has 0 fully saturated rings. The van der Waals surface area contributed by atoms with Gasteiger partial charge in [0.1, 0.15) is 11.8 Å². The molecule has 2 heterocycles. The molecule has 134 valence electrons. The second-order valence-electron chi connectivity index (χ2n) is 6.16. The van der Waals surface area contributed by atoms with Crippen LogP contribution in [0.2, 0.25) is 0 Å². The number of aryl methyl sites for hydroxylation is 2. The lowest BCUT2D eigenvalue weighted by Gasteiger charge is -2.19. The first-order chi connectivity index (χ1) is 12.6. The molecule has 6 heteroatoms. The van der Waals surface area contributed by atoms with Crippen molar-refractivity contribution in [2.75, 3.05) is 5.32 Å². The Hall–Kier alpha value is -3.15. The van der Waals surface area contributed by atoms with Crippen LogP contribution in [-0.4, -0.2) is 21.9 Å². The number of carbonyl (C=O) groups excluding carboxylic acids is 1. The summed E-state index contributed by atoms with van der Waals surface area (Å²) < 4.78 is 5.27. The monoisotopic (exact) mass is 350 g/mol. The van der Waals surface area contributed by atoms with Gasteiger partial charge in [-0.25, -0.2) is 9.97 Å². The van der Waals surface area contributed by atoms with E-state index in [-0.39, 0.29) is 5.91 Å². The lowest BCUT2D eigenvalue weighted by atomic mass is 10.1. The fraction of sp³-hybridized carbons (Fsp3) is 0.250. The van der Waals surface area contributed by atoms with E-state index in [4.69, 9.17) is 4.42 Å². The minimum atomic E-state index is -0.492. The maximum absolute atomic E-state index is 12.7. The van der Waals surface area contributed by atoms with E-state index in [0.717, 1.165) is 17.0 Å². The van der Waals surface area contributed by atoms with E-state index in [1.165, 1.54) is 0 Å². The normalized spacial score (nSPS) is 11.8. The number of furan rings is 1. The van der Waals surface area contributed by atoms with E-state index in [1.807, 2.05) is 56.3 Å². The zero-order chi connectivity index (χ0) is 18.4. The molecule has 0 aliphatic carbocycles. The predicted molar refractivity (Wildman–Crippen MR) is 99.6 cm³/mol.